The monoisotopic (exact) mass is 485 g/mol. The number of amides is 1. The summed E-state index contributed by atoms with van der Waals surface area (Å²) in [6, 6.07) is 4.10. The molecule has 184 valence electrons. The van der Waals surface area contributed by atoms with Gasteiger partial charge in [-0.2, -0.15) is 0 Å². The summed E-state index contributed by atoms with van der Waals surface area (Å²) < 4.78 is 42.9. The van der Waals surface area contributed by atoms with Gasteiger partial charge in [0.2, 0.25) is 5.91 Å². The molecular formula is C25H26F3N5O2. The summed E-state index contributed by atoms with van der Waals surface area (Å²) in [4.78, 5) is 35.4. The fraction of sp³-hybridized carbons (Fsp3) is 0.360. The Balaban J connectivity index is 1.77. The van der Waals surface area contributed by atoms with Gasteiger partial charge < -0.3 is 14.8 Å². The van der Waals surface area contributed by atoms with Crippen molar-refractivity contribution < 1.29 is 18.0 Å². The number of hydrogen-bond donors (Lipinski definition) is 1. The van der Waals surface area contributed by atoms with E-state index < -0.39 is 23.8 Å². The molecule has 1 N–H and O–H groups in total. The molecule has 1 amide bonds. The van der Waals surface area contributed by atoms with Crippen LogP contribution in [-0.2, 0) is 4.79 Å². The Morgan fingerprint density at radius 3 is 2.63 bits per heavy atom. The van der Waals surface area contributed by atoms with Crippen molar-refractivity contribution in [2.45, 2.75) is 51.7 Å². The van der Waals surface area contributed by atoms with E-state index in [2.05, 4.69) is 21.9 Å². The quantitative estimate of drug-likeness (QED) is 0.512. The van der Waals surface area contributed by atoms with E-state index in [4.69, 9.17) is 0 Å². The van der Waals surface area contributed by atoms with Crippen molar-refractivity contribution in [1.29, 1.82) is 0 Å². The van der Waals surface area contributed by atoms with E-state index >= 15 is 0 Å². The average molecular weight is 486 g/mol. The molecule has 4 rings (SSSR count). The number of halogens is 3. The molecule has 35 heavy (non-hydrogen) atoms. The summed E-state index contributed by atoms with van der Waals surface area (Å²) in [5.41, 5.74) is -0.572. The number of nitrogens with one attached hydrogen (secondary N) is 1. The molecule has 1 aromatic carbocycles. The Bertz CT molecular complexity index is 1360. The minimum atomic E-state index is -2.96. The lowest BCUT2D eigenvalue weighted by molar-refractivity contribution is -0.129. The number of hydrogen-bond acceptors (Lipinski definition) is 5. The van der Waals surface area contributed by atoms with Crippen molar-refractivity contribution in [2.24, 2.45) is 0 Å². The van der Waals surface area contributed by atoms with Gasteiger partial charge in [-0.1, -0.05) is 24.3 Å². The molecule has 0 unspecified atom stereocenters. The van der Waals surface area contributed by atoms with Crippen molar-refractivity contribution in [2.75, 3.05) is 11.9 Å². The van der Waals surface area contributed by atoms with E-state index in [0.717, 1.165) is 6.07 Å². The maximum Gasteiger partial charge on any atom is 0.266 e. The van der Waals surface area contributed by atoms with Crippen LogP contribution in [-0.4, -0.2) is 37.9 Å². The molecule has 2 aromatic heterocycles. The van der Waals surface area contributed by atoms with Crippen LogP contribution in [0, 0.1) is 12.7 Å². The molecule has 0 bridgehead atoms. The normalized spacial score (nSPS) is 18.8. The van der Waals surface area contributed by atoms with Crippen molar-refractivity contribution in [1.82, 2.24) is 19.4 Å². The maximum atomic E-state index is 14.8. The highest BCUT2D eigenvalue weighted by molar-refractivity contribution is 5.88. The third-order valence-corrected chi connectivity index (χ3v) is 6.38. The van der Waals surface area contributed by atoms with E-state index in [9.17, 15) is 22.8 Å². The summed E-state index contributed by atoms with van der Waals surface area (Å²) in [5, 5.41) is 3.58. The molecule has 1 saturated heterocycles. The van der Waals surface area contributed by atoms with Crippen LogP contribution >= 0.6 is 0 Å². The van der Waals surface area contributed by atoms with Gasteiger partial charge in [-0.15, -0.1) is 6.58 Å². The topological polar surface area (TPSA) is 80.1 Å². The number of carbonyl (C=O) groups excluding carboxylic acids is 1. The van der Waals surface area contributed by atoms with Crippen LogP contribution in [0.2, 0.25) is 0 Å². The molecule has 3 aromatic rings. The van der Waals surface area contributed by atoms with Gasteiger partial charge in [-0.05, 0) is 20.3 Å². The molecule has 0 radical (unpaired) electrons. The van der Waals surface area contributed by atoms with Crippen molar-refractivity contribution >= 4 is 22.6 Å². The summed E-state index contributed by atoms with van der Waals surface area (Å²) in [6.07, 6.45) is 0.685. The number of nitrogens with zero attached hydrogens (tertiary/aromatic N) is 4. The summed E-state index contributed by atoms with van der Waals surface area (Å²) in [7, 11) is 0. The smallest absolute Gasteiger partial charge is 0.266 e. The Hall–Kier alpha value is -3.69. The zero-order valence-corrected chi connectivity index (χ0v) is 19.6. The van der Waals surface area contributed by atoms with Gasteiger partial charge in [0.05, 0.1) is 28.6 Å². The lowest BCUT2D eigenvalue weighted by atomic mass is 10.0. The number of anilines is 1. The number of carbonyl (C=O) groups is 1. The Morgan fingerprint density at radius 1 is 1.29 bits per heavy atom. The summed E-state index contributed by atoms with van der Waals surface area (Å²) in [6.45, 7) is 9.21. The van der Waals surface area contributed by atoms with Gasteiger partial charge >= 0.3 is 0 Å². The predicted molar refractivity (Wildman–Crippen MR) is 127 cm³/mol. The average Bonchev–Trinajstić information content (AvgIpc) is 3.18. The highest BCUT2D eigenvalue weighted by Gasteiger charge is 2.32. The highest BCUT2D eigenvalue weighted by Crippen LogP contribution is 2.32. The number of aryl methyl sites for hydroxylation is 1. The standard InChI is InChI=1S/C25H26F3N5O2/c1-5-20(17-7-6-8-18(23(17)26)24(27)28)31-25-19-12-33(16-9-13(2)32(11-16)15(4)34)22(35)10-21(19)29-14(3)30-25/h5-8,10,12-13,16,20,24H,1,9,11H2,2-4H3,(H,29,30,31)/t13-,16+,20+/m0/s1. The molecule has 0 spiro atoms. The van der Waals surface area contributed by atoms with Gasteiger partial charge in [0, 0.05) is 37.3 Å². The van der Waals surface area contributed by atoms with Crippen LogP contribution < -0.4 is 10.9 Å². The first-order chi connectivity index (χ1) is 16.6. The molecule has 10 heteroatoms. The summed E-state index contributed by atoms with van der Waals surface area (Å²) >= 11 is 0. The minimum Gasteiger partial charge on any atom is -0.359 e. The Morgan fingerprint density at radius 2 is 2.00 bits per heavy atom. The van der Waals surface area contributed by atoms with E-state index in [1.807, 2.05) is 6.92 Å². The van der Waals surface area contributed by atoms with E-state index in [1.165, 1.54) is 31.2 Å². The fourth-order valence-corrected chi connectivity index (χ4v) is 4.66. The zero-order chi connectivity index (χ0) is 25.4. The van der Waals surface area contributed by atoms with Crippen LogP contribution in [0.15, 0.2) is 47.9 Å². The van der Waals surface area contributed by atoms with Gasteiger partial charge in [0.1, 0.15) is 17.5 Å². The lowest BCUT2D eigenvalue weighted by Gasteiger charge is -2.21. The zero-order valence-electron chi connectivity index (χ0n) is 19.6. The number of aromatic nitrogens is 3. The maximum absolute atomic E-state index is 14.8. The molecular weight excluding hydrogens is 459 g/mol. The molecule has 1 fully saturated rings. The first kappa shape index (κ1) is 24.4. The summed E-state index contributed by atoms with van der Waals surface area (Å²) in [5.74, 6) is -0.394. The first-order valence-corrected chi connectivity index (χ1v) is 11.2. The van der Waals surface area contributed by atoms with Crippen LogP contribution in [0.25, 0.3) is 10.9 Å². The SMILES string of the molecule is C=C[C@@H](Nc1nc(C)nc2cc(=O)n([C@@H]3C[C@H](C)N(C(C)=O)C3)cc12)c1cccc(C(F)F)c1F. The van der Waals surface area contributed by atoms with Gasteiger partial charge in [0.25, 0.3) is 12.0 Å². The van der Waals surface area contributed by atoms with Gasteiger partial charge in [-0.25, -0.2) is 23.1 Å². The van der Waals surface area contributed by atoms with Crippen LogP contribution in [0.1, 0.15) is 55.7 Å². The molecule has 0 aliphatic carbocycles. The molecule has 3 atom stereocenters. The Kier molecular flexibility index (Phi) is 6.64. The third kappa shape index (κ3) is 4.65. The predicted octanol–water partition coefficient (Wildman–Crippen LogP) is 4.70. The molecule has 3 heterocycles. The van der Waals surface area contributed by atoms with Gasteiger partial charge in [0.15, 0.2) is 0 Å². The molecule has 1 aliphatic heterocycles. The van der Waals surface area contributed by atoms with Crippen molar-refractivity contribution in [3.63, 3.8) is 0 Å². The van der Waals surface area contributed by atoms with Crippen LogP contribution in [0.3, 0.4) is 0 Å². The molecule has 1 aliphatic rings. The first-order valence-electron chi connectivity index (χ1n) is 11.2. The minimum absolute atomic E-state index is 0.00254. The molecule has 0 saturated carbocycles. The van der Waals surface area contributed by atoms with E-state index in [-0.39, 0.29) is 29.1 Å². The Labute approximate surface area is 200 Å². The second-order valence-electron chi connectivity index (χ2n) is 8.76. The van der Waals surface area contributed by atoms with Crippen molar-refractivity contribution in [3.05, 3.63) is 76.2 Å². The van der Waals surface area contributed by atoms with Crippen molar-refractivity contribution in [3.8, 4) is 0 Å². The second kappa shape index (κ2) is 9.52. The number of likely N-dealkylation sites (tertiary alicyclic amines) is 1. The number of benzene rings is 1. The lowest BCUT2D eigenvalue weighted by Crippen LogP contribution is -2.32. The number of fused-ring (bicyclic) bond motifs is 1. The molecule has 7 nitrogen and oxygen atoms in total. The second-order valence-corrected chi connectivity index (χ2v) is 8.76. The van der Waals surface area contributed by atoms with Gasteiger partial charge in [-0.3, -0.25) is 9.59 Å². The largest absolute Gasteiger partial charge is 0.359 e. The highest BCUT2D eigenvalue weighted by atomic mass is 19.3. The third-order valence-electron chi connectivity index (χ3n) is 6.38. The number of pyridine rings is 1. The van der Waals surface area contributed by atoms with Crippen LogP contribution in [0.5, 0.6) is 0 Å². The fourth-order valence-electron chi connectivity index (χ4n) is 4.66. The van der Waals surface area contributed by atoms with E-state index in [1.54, 1.807) is 22.6 Å². The van der Waals surface area contributed by atoms with E-state index in [0.29, 0.717) is 35.5 Å². The van der Waals surface area contributed by atoms with Crippen LogP contribution in [0.4, 0.5) is 19.0 Å². The number of alkyl halides is 2. The number of rotatable bonds is 6.